The van der Waals surface area contributed by atoms with Gasteiger partial charge in [-0.15, -0.1) is 0 Å². The second kappa shape index (κ2) is 9.66. The summed E-state index contributed by atoms with van der Waals surface area (Å²) in [6, 6.07) is 0. The molecule has 3 N–H and O–H groups in total. The van der Waals surface area contributed by atoms with E-state index in [4.69, 9.17) is 4.74 Å². The van der Waals surface area contributed by atoms with E-state index < -0.39 is 12.2 Å². The first-order valence-corrected chi connectivity index (χ1v) is 12.0. The molecule has 2 fully saturated rings. The van der Waals surface area contributed by atoms with Crippen molar-refractivity contribution in [3.8, 4) is 0 Å². The molecule has 0 aliphatic heterocycles. The van der Waals surface area contributed by atoms with Gasteiger partial charge >= 0.3 is 0 Å². The molecule has 0 spiro atoms. The normalized spacial score (nSPS) is 34.4. The molecule has 5 heteroatoms. The first-order chi connectivity index (χ1) is 14.9. The summed E-state index contributed by atoms with van der Waals surface area (Å²) >= 11 is 0. The van der Waals surface area contributed by atoms with Crippen molar-refractivity contribution < 1.29 is 19.7 Å². The van der Waals surface area contributed by atoms with E-state index in [1.54, 1.807) is 0 Å². The molecule has 178 valence electrons. The van der Waals surface area contributed by atoms with Crippen LogP contribution in [-0.4, -0.2) is 46.6 Å². The molecule has 0 saturated heterocycles. The molecule has 3 aliphatic carbocycles. The Balaban J connectivity index is 1.69. The predicted molar refractivity (Wildman–Crippen MR) is 128 cm³/mol. The zero-order valence-electron chi connectivity index (χ0n) is 20.4. The van der Waals surface area contributed by atoms with E-state index in [2.05, 4.69) is 44.0 Å². The van der Waals surface area contributed by atoms with Crippen LogP contribution < -0.4 is 5.32 Å². The number of carbonyl (C=O) groups excluding carboxylic acids is 1. The summed E-state index contributed by atoms with van der Waals surface area (Å²) in [5.41, 5.74) is 4.16. The third-order valence-corrected chi connectivity index (χ3v) is 7.29. The van der Waals surface area contributed by atoms with Crippen molar-refractivity contribution in [3.63, 3.8) is 0 Å². The van der Waals surface area contributed by atoms with Gasteiger partial charge in [-0.25, -0.2) is 0 Å². The molecule has 0 aromatic heterocycles. The van der Waals surface area contributed by atoms with Gasteiger partial charge in [0.05, 0.1) is 18.3 Å². The number of ether oxygens (including phenoxy) is 1. The van der Waals surface area contributed by atoms with Crippen LogP contribution in [0.25, 0.3) is 0 Å². The molecule has 3 rings (SSSR count). The minimum Gasteiger partial charge on any atom is -0.393 e. The third-order valence-electron chi connectivity index (χ3n) is 7.29. The number of allylic oxidation sites excluding steroid dienone is 4. The first-order valence-electron chi connectivity index (χ1n) is 12.0. The average molecular weight is 444 g/mol. The van der Waals surface area contributed by atoms with E-state index in [9.17, 15) is 15.0 Å². The molecule has 0 radical (unpaired) electrons. The molecule has 3 aliphatic rings. The Morgan fingerprint density at radius 3 is 2.78 bits per heavy atom. The highest BCUT2D eigenvalue weighted by Crippen LogP contribution is 2.55. The summed E-state index contributed by atoms with van der Waals surface area (Å²) in [4.78, 5) is 12.2. The SMILES string of the molecule is C=C1/C(=C\C=C2/CCC[C@]3(C)C([C@H](C)OCC(=O)NC(C)(C)C)=CCC23)C[C@@H](O)C[C@@H]1O. The van der Waals surface area contributed by atoms with Gasteiger partial charge in [-0.05, 0) is 87.9 Å². The number of aliphatic hydroxyl groups is 2. The van der Waals surface area contributed by atoms with Crippen LogP contribution in [0.15, 0.2) is 47.1 Å². The van der Waals surface area contributed by atoms with Gasteiger partial charge in [0.1, 0.15) is 6.61 Å². The predicted octanol–water partition coefficient (Wildman–Crippen LogP) is 4.37. The van der Waals surface area contributed by atoms with Crippen molar-refractivity contribution in [2.24, 2.45) is 11.3 Å². The zero-order chi connectivity index (χ0) is 23.7. The van der Waals surface area contributed by atoms with Gasteiger partial charge in [0.15, 0.2) is 0 Å². The number of nitrogens with one attached hydrogen (secondary N) is 1. The Kier molecular flexibility index (Phi) is 7.53. The highest BCUT2D eigenvalue weighted by molar-refractivity contribution is 5.77. The van der Waals surface area contributed by atoms with Crippen LogP contribution in [0.3, 0.4) is 0 Å². The molecule has 5 atom stereocenters. The zero-order valence-corrected chi connectivity index (χ0v) is 20.4. The second-order valence-corrected chi connectivity index (χ2v) is 11.0. The van der Waals surface area contributed by atoms with Crippen LogP contribution in [0.4, 0.5) is 0 Å². The lowest BCUT2D eigenvalue weighted by Gasteiger charge is -2.42. The summed E-state index contributed by atoms with van der Waals surface area (Å²) < 4.78 is 6.00. The Morgan fingerprint density at radius 1 is 1.38 bits per heavy atom. The standard InChI is InChI=1S/C27H41NO4/c1-17-20(14-21(29)15-24(17)30)10-9-19-8-7-13-27(6)22(11-12-23(19)27)18(2)32-16-25(31)28-26(3,4)5/h9-11,18,21,23-24,29-30H,1,7-8,12-16H2,2-6H3,(H,28,31)/b19-9+,20-10-/t18-,21+,23?,24-,27+/m0/s1. The molecule has 0 aromatic carbocycles. The van der Waals surface area contributed by atoms with Gasteiger partial charge in [0.2, 0.25) is 5.91 Å². The number of hydrogen-bond donors (Lipinski definition) is 3. The minimum absolute atomic E-state index is 0.0328. The van der Waals surface area contributed by atoms with E-state index in [1.165, 1.54) is 11.1 Å². The Morgan fingerprint density at radius 2 is 2.09 bits per heavy atom. The maximum atomic E-state index is 12.2. The highest BCUT2D eigenvalue weighted by atomic mass is 16.5. The van der Waals surface area contributed by atoms with E-state index in [0.717, 1.165) is 36.8 Å². The van der Waals surface area contributed by atoms with E-state index in [0.29, 0.717) is 18.8 Å². The molecule has 5 nitrogen and oxygen atoms in total. The maximum Gasteiger partial charge on any atom is 0.246 e. The molecular weight excluding hydrogens is 402 g/mol. The Bertz CT molecular complexity index is 831. The number of hydrogen-bond acceptors (Lipinski definition) is 4. The van der Waals surface area contributed by atoms with Crippen molar-refractivity contribution >= 4 is 5.91 Å². The van der Waals surface area contributed by atoms with Crippen molar-refractivity contribution in [2.75, 3.05) is 6.61 Å². The highest BCUT2D eigenvalue weighted by Gasteiger charge is 2.46. The fraction of sp³-hybridized carbons (Fsp3) is 0.667. The Labute approximate surface area is 193 Å². The summed E-state index contributed by atoms with van der Waals surface area (Å²) in [5, 5.41) is 23.1. The van der Waals surface area contributed by atoms with Crippen LogP contribution in [0.2, 0.25) is 0 Å². The number of rotatable bonds is 5. The first kappa shape index (κ1) is 24.9. The molecule has 0 heterocycles. The molecule has 1 unspecified atom stereocenters. The van der Waals surface area contributed by atoms with Gasteiger partial charge in [-0.3, -0.25) is 4.79 Å². The summed E-state index contributed by atoms with van der Waals surface area (Å²) in [6.45, 7) is 14.4. The van der Waals surface area contributed by atoms with Crippen LogP contribution in [0, 0.1) is 11.3 Å². The monoisotopic (exact) mass is 443 g/mol. The molecular formula is C27H41NO4. The quantitative estimate of drug-likeness (QED) is 0.552. The summed E-state index contributed by atoms with van der Waals surface area (Å²) in [6.07, 6.45) is 10.5. The second-order valence-electron chi connectivity index (χ2n) is 11.0. The van der Waals surface area contributed by atoms with Crippen molar-refractivity contribution in [2.45, 2.75) is 97.0 Å². The largest absolute Gasteiger partial charge is 0.393 e. The van der Waals surface area contributed by atoms with Gasteiger partial charge in [-0.1, -0.05) is 37.3 Å². The molecule has 0 bridgehead atoms. The lowest BCUT2D eigenvalue weighted by atomic mass is 9.63. The smallest absolute Gasteiger partial charge is 0.246 e. The maximum absolute atomic E-state index is 12.2. The number of carbonyl (C=O) groups is 1. The summed E-state index contributed by atoms with van der Waals surface area (Å²) in [5.74, 6) is 0.335. The third kappa shape index (κ3) is 5.62. The van der Waals surface area contributed by atoms with Crippen LogP contribution in [0.5, 0.6) is 0 Å². The van der Waals surface area contributed by atoms with Crippen molar-refractivity contribution in [1.82, 2.24) is 5.32 Å². The van der Waals surface area contributed by atoms with E-state index >= 15 is 0 Å². The van der Waals surface area contributed by atoms with Crippen LogP contribution in [-0.2, 0) is 9.53 Å². The van der Waals surface area contributed by atoms with Crippen molar-refractivity contribution in [3.05, 3.63) is 47.1 Å². The molecule has 0 aromatic rings. The fourth-order valence-electron chi connectivity index (χ4n) is 5.69. The van der Waals surface area contributed by atoms with Crippen LogP contribution >= 0.6 is 0 Å². The Hall–Kier alpha value is -1.69. The lowest BCUT2D eigenvalue weighted by molar-refractivity contribution is -0.128. The van der Waals surface area contributed by atoms with Gasteiger partial charge < -0.3 is 20.3 Å². The minimum atomic E-state index is -0.659. The van der Waals surface area contributed by atoms with E-state index in [1.807, 2.05) is 20.8 Å². The fourth-order valence-corrected chi connectivity index (χ4v) is 5.69. The number of aliphatic hydroxyl groups excluding tert-OH is 2. The summed E-state index contributed by atoms with van der Waals surface area (Å²) in [7, 11) is 0. The van der Waals surface area contributed by atoms with Crippen molar-refractivity contribution in [1.29, 1.82) is 0 Å². The average Bonchev–Trinajstić information content (AvgIpc) is 3.04. The van der Waals surface area contributed by atoms with Gasteiger partial charge in [0, 0.05) is 12.0 Å². The number of fused-ring (bicyclic) bond motifs is 1. The van der Waals surface area contributed by atoms with Crippen LogP contribution in [0.1, 0.15) is 73.1 Å². The van der Waals surface area contributed by atoms with Gasteiger partial charge in [0.25, 0.3) is 0 Å². The molecule has 32 heavy (non-hydrogen) atoms. The lowest BCUT2D eigenvalue weighted by Crippen LogP contribution is -2.43. The topological polar surface area (TPSA) is 78.8 Å². The van der Waals surface area contributed by atoms with E-state index in [-0.39, 0.29) is 29.6 Å². The molecule has 2 saturated carbocycles. The molecule has 1 amide bonds. The number of amides is 1. The van der Waals surface area contributed by atoms with Gasteiger partial charge in [-0.2, -0.15) is 0 Å².